The molecule has 0 amide bonds. The number of allylic oxidation sites excluding steroid dienone is 2. The summed E-state index contributed by atoms with van der Waals surface area (Å²) >= 11 is 0. The summed E-state index contributed by atoms with van der Waals surface area (Å²) in [5.41, 5.74) is 0. The van der Waals surface area contributed by atoms with Gasteiger partial charge < -0.3 is 0 Å². The molecule has 0 saturated carbocycles. The topological polar surface area (TPSA) is 47.6 Å². The molecule has 0 fully saturated rings. The van der Waals surface area contributed by atoms with E-state index in [1.165, 1.54) is 0 Å². The van der Waals surface area contributed by atoms with Crippen LogP contribution in [0.1, 0.15) is 25.7 Å². The van der Waals surface area contributed by atoms with Crippen LogP contribution < -0.4 is 0 Å². The monoisotopic (exact) mass is 134 g/mol. The van der Waals surface area contributed by atoms with Crippen LogP contribution in [0, 0.1) is 22.7 Å². The molecule has 2 heteroatoms. The van der Waals surface area contributed by atoms with E-state index in [-0.39, 0.29) is 0 Å². The average molecular weight is 134 g/mol. The normalized spacial score (nSPS) is 9.00. The van der Waals surface area contributed by atoms with Crippen molar-refractivity contribution < 1.29 is 0 Å². The Morgan fingerprint density at radius 1 is 0.900 bits per heavy atom. The summed E-state index contributed by atoms with van der Waals surface area (Å²) < 4.78 is 0. The number of nitriles is 2. The SMILES string of the molecule is N#CCCC=CCCC#N. The lowest BCUT2D eigenvalue weighted by Gasteiger charge is -1.81. The lowest BCUT2D eigenvalue weighted by Crippen LogP contribution is -1.66. The van der Waals surface area contributed by atoms with E-state index in [0.717, 1.165) is 12.8 Å². The zero-order chi connectivity index (χ0) is 7.66. The fraction of sp³-hybridized carbons (Fsp3) is 0.500. The van der Waals surface area contributed by atoms with Gasteiger partial charge in [-0.25, -0.2) is 0 Å². The number of hydrogen-bond acceptors (Lipinski definition) is 2. The summed E-state index contributed by atoms with van der Waals surface area (Å²) in [7, 11) is 0. The fourth-order valence-electron chi connectivity index (χ4n) is 0.531. The van der Waals surface area contributed by atoms with E-state index in [0.29, 0.717) is 12.8 Å². The smallest absolute Gasteiger partial charge is 0.0624 e. The Kier molecular flexibility index (Phi) is 6.73. The number of hydrogen-bond donors (Lipinski definition) is 0. The highest BCUT2D eigenvalue weighted by atomic mass is 14.2. The molecule has 2 nitrogen and oxygen atoms in total. The molecule has 0 N–H and O–H groups in total. The van der Waals surface area contributed by atoms with Crippen LogP contribution in [0.25, 0.3) is 0 Å². The van der Waals surface area contributed by atoms with Gasteiger partial charge in [-0.05, 0) is 12.8 Å². The molecule has 0 bridgehead atoms. The minimum absolute atomic E-state index is 0.572. The van der Waals surface area contributed by atoms with Crippen molar-refractivity contribution in [3.63, 3.8) is 0 Å². The van der Waals surface area contributed by atoms with E-state index in [1.807, 2.05) is 24.3 Å². The molecule has 0 aromatic carbocycles. The average Bonchev–Trinajstić information content (AvgIpc) is 1.97. The van der Waals surface area contributed by atoms with Gasteiger partial charge in [-0.3, -0.25) is 0 Å². The molecule has 0 unspecified atom stereocenters. The van der Waals surface area contributed by atoms with Crippen molar-refractivity contribution in [2.45, 2.75) is 25.7 Å². The van der Waals surface area contributed by atoms with Gasteiger partial charge in [0.15, 0.2) is 0 Å². The van der Waals surface area contributed by atoms with E-state index < -0.39 is 0 Å². The van der Waals surface area contributed by atoms with Gasteiger partial charge in [0, 0.05) is 12.8 Å². The first-order valence-corrected chi connectivity index (χ1v) is 3.30. The van der Waals surface area contributed by atoms with Gasteiger partial charge in [-0.1, -0.05) is 12.2 Å². The van der Waals surface area contributed by atoms with Crippen molar-refractivity contribution in [1.82, 2.24) is 0 Å². The number of nitrogens with zero attached hydrogens (tertiary/aromatic N) is 2. The Hall–Kier alpha value is -1.28. The molecule has 0 saturated heterocycles. The van der Waals surface area contributed by atoms with Crippen molar-refractivity contribution in [2.24, 2.45) is 0 Å². The maximum Gasteiger partial charge on any atom is 0.0624 e. The van der Waals surface area contributed by atoms with Crippen LogP contribution in [0.3, 0.4) is 0 Å². The Balaban J connectivity index is 3.08. The summed E-state index contributed by atoms with van der Waals surface area (Å²) in [4.78, 5) is 0. The zero-order valence-corrected chi connectivity index (χ0v) is 5.88. The number of unbranched alkanes of at least 4 members (excludes halogenated alkanes) is 2. The van der Waals surface area contributed by atoms with Gasteiger partial charge in [0.2, 0.25) is 0 Å². The molecule has 0 heterocycles. The first-order valence-electron chi connectivity index (χ1n) is 3.30. The van der Waals surface area contributed by atoms with Crippen molar-refractivity contribution in [1.29, 1.82) is 10.5 Å². The second-order valence-electron chi connectivity index (χ2n) is 1.86. The van der Waals surface area contributed by atoms with E-state index >= 15 is 0 Å². The second kappa shape index (κ2) is 7.72. The Morgan fingerprint density at radius 3 is 1.60 bits per heavy atom. The Labute approximate surface area is 61.4 Å². The van der Waals surface area contributed by atoms with E-state index in [4.69, 9.17) is 10.5 Å². The van der Waals surface area contributed by atoms with Crippen LogP contribution in [-0.4, -0.2) is 0 Å². The molecule has 0 radical (unpaired) electrons. The lowest BCUT2D eigenvalue weighted by molar-refractivity contribution is 1.01. The molecule has 10 heavy (non-hydrogen) atoms. The fourth-order valence-corrected chi connectivity index (χ4v) is 0.531. The maximum atomic E-state index is 8.13. The molecule has 0 atom stereocenters. The predicted octanol–water partition coefficient (Wildman–Crippen LogP) is 2.15. The standard InChI is InChI=1S/C8H10N2/c9-7-5-3-1-2-4-6-8-10/h1-2H,3-6H2. The summed E-state index contributed by atoms with van der Waals surface area (Å²) in [5.74, 6) is 0. The van der Waals surface area contributed by atoms with E-state index in [9.17, 15) is 0 Å². The summed E-state index contributed by atoms with van der Waals surface area (Å²) in [5, 5.41) is 16.3. The summed E-state index contributed by atoms with van der Waals surface area (Å²) in [6.07, 6.45) is 6.65. The molecule has 0 aromatic heterocycles. The quantitative estimate of drug-likeness (QED) is 0.437. The molecular formula is C8H10N2. The second-order valence-corrected chi connectivity index (χ2v) is 1.86. The highest BCUT2D eigenvalue weighted by Gasteiger charge is 1.78. The first-order chi connectivity index (χ1) is 4.91. The Morgan fingerprint density at radius 2 is 1.30 bits per heavy atom. The van der Waals surface area contributed by atoms with Crippen LogP contribution in [0.2, 0.25) is 0 Å². The first kappa shape index (κ1) is 8.72. The van der Waals surface area contributed by atoms with Gasteiger partial charge in [0.25, 0.3) is 0 Å². The minimum atomic E-state index is 0.572. The molecule has 52 valence electrons. The third-order valence-electron chi connectivity index (χ3n) is 1.01. The summed E-state index contributed by atoms with van der Waals surface area (Å²) in [6.45, 7) is 0. The molecule has 0 spiro atoms. The van der Waals surface area contributed by atoms with Crippen LogP contribution >= 0.6 is 0 Å². The van der Waals surface area contributed by atoms with Crippen molar-refractivity contribution in [3.8, 4) is 12.1 Å². The van der Waals surface area contributed by atoms with Crippen LogP contribution in [0.5, 0.6) is 0 Å². The summed E-state index contributed by atoms with van der Waals surface area (Å²) in [6, 6.07) is 4.08. The highest BCUT2D eigenvalue weighted by Crippen LogP contribution is 1.93. The number of rotatable bonds is 4. The van der Waals surface area contributed by atoms with Crippen molar-refractivity contribution in [3.05, 3.63) is 12.2 Å². The van der Waals surface area contributed by atoms with Crippen molar-refractivity contribution in [2.75, 3.05) is 0 Å². The minimum Gasteiger partial charge on any atom is -0.198 e. The van der Waals surface area contributed by atoms with Crippen LogP contribution in [-0.2, 0) is 0 Å². The van der Waals surface area contributed by atoms with E-state index in [1.54, 1.807) is 0 Å². The van der Waals surface area contributed by atoms with Gasteiger partial charge >= 0.3 is 0 Å². The lowest BCUT2D eigenvalue weighted by atomic mass is 10.2. The third-order valence-corrected chi connectivity index (χ3v) is 1.01. The van der Waals surface area contributed by atoms with Gasteiger partial charge in [-0.15, -0.1) is 0 Å². The van der Waals surface area contributed by atoms with Crippen molar-refractivity contribution >= 4 is 0 Å². The molecule has 0 aliphatic carbocycles. The van der Waals surface area contributed by atoms with Crippen LogP contribution in [0.4, 0.5) is 0 Å². The zero-order valence-electron chi connectivity index (χ0n) is 5.88. The predicted molar refractivity (Wildman–Crippen MR) is 38.8 cm³/mol. The molecule has 0 aromatic rings. The largest absolute Gasteiger partial charge is 0.198 e. The highest BCUT2D eigenvalue weighted by molar-refractivity contribution is 4.87. The molecule has 0 aliphatic rings. The van der Waals surface area contributed by atoms with Gasteiger partial charge in [0.1, 0.15) is 0 Å². The molecule has 0 rings (SSSR count). The van der Waals surface area contributed by atoms with Crippen LogP contribution in [0.15, 0.2) is 12.2 Å². The Bertz CT molecular complexity index is 149. The molecule has 0 aliphatic heterocycles. The van der Waals surface area contributed by atoms with Gasteiger partial charge in [-0.2, -0.15) is 10.5 Å². The third kappa shape index (κ3) is 6.72. The maximum absolute atomic E-state index is 8.13. The van der Waals surface area contributed by atoms with E-state index in [2.05, 4.69) is 0 Å². The van der Waals surface area contributed by atoms with Gasteiger partial charge in [0.05, 0.1) is 12.1 Å². The molecular weight excluding hydrogens is 124 g/mol.